The van der Waals surface area contributed by atoms with E-state index >= 15 is 0 Å². The van der Waals surface area contributed by atoms with Gasteiger partial charge in [-0.3, -0.25) is 9.59 Å². The lowest BCUT2D eigenvalue weighted by Gasteiger charge is -2.20. The van der Waals surface area contributed by atoms with Crippen LogP contribution in [-0.2, 0) is 16.0 Å². The second-order valence-corrected chi connectivity index (χ2v) is 7.27. The van der Waals surface area contributed by atoms with E-state index in [4.69, 9.17) is 0 Å². The van der Waals surface area contributed by atoms with Crippen LogP contribution in [0.4, 0.5) is 0 Å². The molecule has 8 heteroatoms. The molecule has 0 saturated heterocycles. The lowest BCUT2D eigenvalue weighted by molar-refractivity contribution is -0.127. The van der Waals surface area contributed by atoms with E-state index in [1.807, 2.05) is 39.0 Å². The van der Waals surface area contributed by atoms with Crippen molar-refractivity contribution in [3.8, 4) is 0 Å². The summed E-state index contributed by atoms with van der Waals surface area (Å²) in [6, 6.07) is 10.1. The van der Waals surface area contributed by atoms with E-state index in [-0.39, 0.29) is 54.4 Å². The lowest BCUT2D eigenvalue weighted by atomic mass is 10.1. The molecule has 0 aliphatic carbocycles. The van der Waals surface area contributed by atoms with Crippen molar-refractivity contribution >= 4 is 41.8 Å². The minimum absolute atomic E-state index is 0. The number of hydrogen-bond acceptors (Lipinski definition) is 3. The van der Waals surface area contributed by atoms with Crippen LogP contribution < -0.4 is 16.0 Å². The van der Waals surface area contributed by atoms with E-state index in [2.05, 4.69) is 33.1 Å². The highest BCUT2D eigenvalue weighted by molar-refractivity contribution is 14.0. The highest BCUT2D eigenvalue weighted by atomic mass is 127. The van der Waals surface area contributed by atoms with Crippen molar-refractivity contribution in [3.63, 3.8) is 0 Å². The molecule has 0 radical (unpaired) electrons. The normalized spacial score (nSPS) is 11.2. The quantitative estimate of drug-likeness (QED) is 0.307. The van der Waals surface area contributed by atoms with E-state index in [9.17, 15) is 9.59 Å². The first kappa shape index (κ1) is 25.2. The molecule has 0 saturated carbocycles. The molecular weight excluding hydrogens is 457 g/mol. The number of benzene rings is 1. The van der Waals surface area contributed by atoms with Crippen molar-refractivity contribution in [2.75, 3.05) is 33.7 Å². The van der Waals surface area contributed by atoms with E-state index in [1.54, 1.807) is 14.1 Å². The van der Waals surface area contributed by atoms with Crippen LogP contribution in [-0.4, -0.2) is 61.9 Å². The van der Waals surface area contributed by atoms with Crippen molar-refractivity contribution in [3.05, 3.63) is 35.9 Å². The highest BCUT2D eigenvalue weighted by Crippen LogP contribution is 1.99. The summed E-state index contributed by atoms with van der Waals surface area (Å²) in [7, 11) is 3.39. The maximum absolute atomic E-state index is 12.0. The van der Waals surface area contributed by atoms with Gasteiger partial charge < -0.3 is 20.9 Å². The number of rotatable bonds is 7. The third-order valence-corrected chi connectivity index (χ3v) is 3.35. The van der Waals surface area contributed by atoms with E-state index in [0.717, 1.165) is 6.42 Å². The summed E-state index contributed by atoms with van der Waals surface area (Å²) in [5.41, 5.74) is 0.899. The molecule has 7 nitrogen and oxygen atoms in total. The fraction of sp³-hybridized carbons (Fsp3) is 0.526. The number of carbonyl (C=O) groups excluding carboxylic acids is 2. The number of nitrogens with zero attached hydrogens (tertiary/aromatic N) is 2. The maximum Gasteiger partial charge on any atom is 0.242 e. The maximum atomic E-state index is 12.0. The van der Waals surface area contributed by atoms with Crippen molar-refractivity contribution in [1.29, 1.82) is 0 Å². The lowest BCUT2D eigenvalue weighted by Crippen LogP contribution is -2.45. The number of nitrogens with one attached hydrogen (secondary N) is 3. The van der Waals surface area contributed by atoms with Gasteiger partial charge in [0.05, 0.1) is 6.54 Å². The fourth-order valence-corrected chi connectivity index (χ4v) is 2.07. The van der Waals surface area contributed by atoms with Crippen LogP contribution in [0.25, 0.3) is 0 Å². The zero-order valence-corrected chi connectivity index (χ0v) is 19.2. The van der Waals surface area contributed by atoms with Gasteiger partial charge in [0.15, 0.2) is 5.96 Å². The van der Waals surface area contributed by atoms with Gasteiger partial charge >= 0.3 is 0 Å². The van der Waals surface area contributed by atoms with Crippen LogP contribution in [0, 0.1) is 0 Å². The average Bonchev–Trinajstić information content (AvgIpc) is 2.55. The number of aliphatic imine (C=N–C) groups is 1. The van der Waals surface area contributed by atoms with Crippen LogP contribution >= 0.6 is 24.0 Å². The molecule has 0 unspecified atom stereocenters. The standard InChI is InChI=1S/C19H31N5O2.HI/c1-19(2,3)23-16(25)13-21-18(22-14-17(26)24(4)5)20-12-11-15-9-7-6-8-10-15;/h6-10H,11-14H2,1-5H3,(H,23,25)(H2,20,21,22);1H. The van der Waals surface area contributed by atoms with Crippen molar-refractivity contribution < 1.29 is 9.59 Å². The molecule has 0 aromatic heterocycles. The highest BCUT2D eigenvalue weighted by Gasteiger charge is 2.13. The molecule has 0 aliphatic rings. The minimum atomic E-state index is -0.304. The fourth-order valence-electron chi connectivity index (χ4n) is 2.07. The minimum Gasteiger partial charge on any atom is -0.356 e. The van der Waals surface area contributed by atoms with Crippen molar-refractivity contribution in [1.82, 2.24) is 20.9 Å². The van der Waals surface area contributed by atoms with Crippen LogP contribution in [0.2, 0.25) is 0 Å². The number of carbonyl (C=O) groups is 2. The SMILES string of the molecule is CN(C)C(=O)CNC(=NCC(=O)NC(C)(C)C)NCCc1ccccc1.I. The summed E-state index contributed by atoms with van der Waals surface area (Å²) < 4.78 is 0. The van der Waals surface area contributed by atoms with Gasteiger partial charge in [-0.25, -0.2) is 4.99 Å². The molecule has 0 bridgehead atoms. The van der Waals surface area contributed by atoms with E-state index < -0.39 is 0 Å². The first-order chi connectivity index (χ1) is 12.2. The molecule has 0 heterocycles. The number of amides is 2. The van der Waals surface area contributed by atoms with Crippen LogP contribution in [0.5, 0.6) is 0 Å². The molecule has 2 amide bonds. The first-order valence-corrected chi connectivity index (χ1v) is 8.74. The summed E-state index contributed by atoms with van der Waals surface area (Å²) in [5, 5.41) is 9.00. The van der Waals surface area contributed by atoms with Gasteiger partial charge in [-0.05, 0) is 32.8 Å². The average molecular weight is 489 g/mol. The number of likely N-dealkylation sites (N-methyl/N-ethyl adjacent to an activating group) is 1. The summed E-state index contributed by atoms with van der Waals surface area (Å²) in [6.07, 6.45) is 0.817. The zero-order chi connectivity index (χ0) is 19.6. The van der Waals surface area contributed by atoms with Crippen LogP contribution in [0.3, 0.4) is 0 Å². The molecule has 1 aromatic rings. The molecule has 27 heavy (non-hydrogen) atoms. The van der Waals surface area contributed by atoms with Gasteiger partial charge in [0.2, 0.25) is 11.8 Å². The van der Waals surface area contributed by atoms with E-state index in [1.165, 1.54) is 10.5 Å². The molecular formula is C19H32IN5O2. The Labute approximate surface area is 179 Å². The molecule has 0 aliphatic heterocycles. The Hall–Kier alpha value is -1.84. The van der Waals surface area contributed by atoms with E-state index in [0.29, 0.717) is 12.5 Å². The summed E-state index contributed by atoms with van der Waals surface area (Å²) in [4.78, 5) is 29.5. The third-order valence-electron chi connectivity index (χ3n) is 3.35. The topological polar surface area (TPSA) is 85.8 Å². The number of guanidine groups is 1. The Morgan fingerprint density at radius 2 is 1.70 bits per heavy atom. The molecule has 3 N–H and O–H groups in total. The molecule has 152 valence electrons. The molecule has 1 rings (SSSR count). The van der Waals surface area contributed by atoms with Crippen molar-refractivity contribution in [2.45, 2.75) is 32.7 Å². The van der Waals surface area contributed by atoms with Gasteiger partial charge in [0.1, 0.15) is 6.54 Å². The smallest absolute Gasteiger partial charge is 0.242 e. The second-order valence-electron chi connectivity index (χ2n) is 7.27. The van der Waals surface area contributed by atoms with Gasteiger partial charge in [-0.1, -0.05) is 30.3 Å². The Morgan fingerprint density at radius 3 is 2.26 bits per heavy atom. The molecule has 1 aromatic carbocycles. The summed E-state index contributed by atoms with van der Waals surface area (Å²) in [6.45, 7) is 6.51. The predicted octanol–water partition coefficient (Wildman–Crippen LogP) is 1.39. The Kier molecular flexibility index (Phi) is 11.7. The summed E-state index contributed by atoms with van der Waals surface area (Å²) >= 11 is 0. The van der Waals surface area contributed by atoms with Gasteiger partial charge in [-0.2, -0.15) is 0 Å². The number of hydrogen-bond donors (Lipinski definition) is 3. The Bertz CT molecular complexity index is 612. The number of halogens is 1. The Balaban J connectivity index is 0.00000676. The van der Waals surface area contributed by atoms with Crippen LogP contribution in [0.1, 0.15) is 26.3 Å². The molecule has 0 atom stereocenters. The summed E-state index contributed by atoms with van der Waals surface area (Å²) in [5.74, 6) is 0.211. The van der Waals surface area contributed by atoms with Gasteiger partial charge in [0.25, 0.3) is 0 Å². The second kappa shape index (κ2) is 12.5. The van der Waals surface area contributed by atoms with Gasteiger partial charge in [-0.15, -0.1) is 24.0 Å². The third kappa shape index (κ3) is 12.2. The zero-order valence-electron chi connectivity index (χ0n) is 16.8. The molecule has 0 spiro atoms. The van der Waals surface area contributed by atoms with Crippen LogP contribution in [0.15, 0.2) is 35.3 Å². The monoisotopic (exact) mass is 489 g/mol. The largest absolute Gasteiger partial charge is 0.356 e. The van der Waals surface area contributed by atoms with Gasteiger partial charge in [0, 0.05) is 26.2 Å². The molecule has 0 fully saturated rings. The predicted molar refractivity (Wildman–Crippen MR) is 120 cm³/mol. The van der Waals surface area contributed by atoms with Crippen molar-refractivity contribution in [2.24, 2.45) is 4.99 Å². The Morgan fingerprint density at radius 1 is 1.07 bits per heavy atom. The first-order valence-electron chi connectivity index (χ1n) is 8.74.